The van der Waals surface area contributed by atoms with E-state index >= 15 is 0 Å². The molecule has 0 aromatic carbocycles. The number of pyridine rings is 1. The molecule has 2 heterocycles. The third-order valence-corrected chi connectivity index (χ3v) is 3.59. The van der Waals surface area contributed by atoms with Crippen molar-refractivity contribution < 1.29 is 0 Å². The molecule has 0 saturated heterocycles. The molecule has 0 bridgehead atoms. The number of imidazole rings is 1. The molecule has 2 rings (SSSR count). The van der Waals surface area contributed by atoms with Gasteiger partial charge in [-0.3, -0.25) is 4.98 Å². The number of aromatic nitrogens is 3. The second-order valence-electron chi connectivity index (χ2n) is 5.30. The zero-order chi connectivity index (χ0) is 14.9. The lowest BCUT2D eigenvalue weighted by molar-refractivity contribution is 0.575. The van der Waals surface area contributed by atoms with Crippen molar-refractivity contribution in [3.8, 4) is 0 Å². The van der Waals surface area contributed by atoms with Crippen molar-refractivity contribution in [2.45, 2.75) is 39.8 Å². The lowest BCUT2D eigenvalue weighted by Gasteiger charge is -2.07. The molecule has 0 radical (unpaired) electrons. The molecule has 0 aliphatic carbocycles. The molecule has 0 spiro atoms. The normalized spacial score (nSPS) is 11.0. The monoisotopic (exact) mass is 287 g/mol. The van der Waals surface area contributed by atoms with Crippen molar-refractivity contribution in [3.63, 3.8) is 0 Å². The first-order valence-corrected chi connectivity index (χ1v) is 7.58. The molecule has 114 valence electrons. The van der Waals surface area contributed by atoms with E-state index in [0.29, 0.717) is 0 Å². The van der Waals surface area contributed by atoms with E-state index in [1.165, 1.54) is 12.0 Å². The number of nitrogens with zero attached hydrogens (tertiary/aromatic N) is 2. The van der Waals surface area contributed by atoms with Crippen LogP contribution < -0.4 is 10.6 Å². The molecule has 5 nitrogen and oxygen atoms in total. The highest BCUT2D eigenvalue weighted by Crippen LogP contribution is 2.02. The van der Waals surface area contributed by atoms with Crippen molar-refractivity contribution >= 4 is 0 Å². The molecule has 2 aromatic rings. The fourth-order valence-electron chi connectivity index (χ4n) is 2.18. The van der Waals surface area contributed by atoms with E-state index in [1.807, 2.05) is 19.2 Å². The van der Waals surface area contributed by atoms with Crippen LogP contribution in [-0.2, 0) is 13.1 Å². The minimum atomic E-state index is 0.843. The van der Waals surface area contributed by atoms with Gasteiger partial charge in [-0.25, -0.2) is 4.98 Å². The maximum atomic E-state index is 4.38. The quantitative estimate of drug-likeness (QED) is 0.618. The van der Waals surface area contributed by atoms with Gasteiger partial charge in [-0.05, 0) is 51.4 Å². The zero-order valence-corrected chi connectivity index (χ0v) is 12.9. The minimum Gasteiger partial charge on any atom is -0.348 e. The first-order chi connectivity index (χ1) is 10.3. The molecule has 0 fully saturated rings. The van der Waals surface area contributed by atoms with Crippen LogP contribution in [0.3, 0.4) is 0 Å². The number of H-pyrrole nitrogens is 1. The Labute approximate surface area is 126 Å². The summed E-state index contributed by atoms with van der Waals surface area (Å²) in [6, 6.07) is 4.08. The standard InChI is InChI=1S/C16H25N5/c1-13-6-5-9-19-15(13)10-17-7-3-4-8-18-11-16-14(2)20-12-21-16/h5-6,9,12,17-18H,3-4,7-8,10-11H2,1-2H3,(H,20,21). The van der Waals surface area contributed by atoms with Gasteiger partial charge in [-0.15, -0.1) is 0 Å². The molecule has 2 aromatic heterocycles. The van der Waals surface area contributed by atoms with Gasteiger partial charge in [-0.2, -0.15) is 0 Å². The van der Waals surface area contributed by atoms with Gasteiger partial charge < -0.3 is 15.6 Å². The Morgan fingerprint density at radius 2 is 1.71 bits per heavy atom. The average molecular weight is 287 g/mol. The number of nitrogens with one attached hydrogen (secondary N) is 3. The third kappa shape index (κ3) is 5.28. The second-order valence-corrected chi connectivity index (χ2v) is 5.30. The molecular formula is C16H25N5. The highest BCUT2D eigenvalue weighted by molar-refractivity contribution is 5.17. The molecule has 21 heavy (non-hydrogen) atoms. The van der Waals surface area contributed by atoms with Gasteiger partial charge in [0, 0.05) is 25.0 Å². The number of hydrogen-bond donors (Lipinski definition) is 3. The van der Waals surface area contributed by atoms with E-state index in [1.54, 1.807) is 6.33 Å². The Morgan fingerprint density at radius 1 is 1.00 bits per heavy atom. The summed E-state index contributed by atoms with van der Waals surface area (Å²) in [7, 11) is 0. The van der Waals surface area contributed by atoms with Crippen LogP contribution in [0.2, 0.25) is 0 Å². The van der Waals surface area contributed by atoms with Crippen LogP contribution in [0.1, 0.15) is 35.5 Å². The molecule has 5 heteroatoms. The number of hydrogen-bond acceptors (Lipinski definition) is 4. The summed E-state index contributed by atoms with van der Waals surface area (Å²) >= 11 is 0. The van der Waals surface area contributed by atoms with Crippen LogP contribution in [0.5, 0.6) is 0 Å². The molecule has 0 atom stereocenters. The van der Waals surface area contributed by atoms with E-state index in [4.69, 9.17) is 0 Å². The van der Waals surface area contributed by atoms with Gasteiger partial charge in [0.1, 0.15) is 0 Å². The summed E-state index contributed by atoms with van der Waals surface area (Å²) in [5.74, 6) is 0. The van der Waals surface area contributed by atoms with E-state index in [-0.39, 0.29) is 0 Å². The molecule has 0 unspecified atom stereocenters. The largest absolute Gasteiger partial charge is 0.348 e. The van der Waals surface area contributed by atoms with Gasteiger partial charge in [0.05, 0.1) is 17.7 Å². The predicted molar refractivity (Wildman–Crippen MR) is 84.9 cm³/mol. The summed E-state index contributed by atoms with van der Waals surface area (Å²) in [5, 5.41) is 6.87. The Morgan fingerprint density at radius 3 is 2.33 bits per heavy atom. The van der Waals surface area contributed by atoms with E-state index in [9.17, 15) is 0 Å². The van der Waals surface area contributed by atoms with Crippen molar-refractivity contribution in [1.82, 2.24) is 25.6 Å². The van der Waals surface area contributed by atoms with Crippen molar-refractivity contribution in [2.24, 2.45) is 0 Å². The lowest BCUT2D eigenvalue weighted by atomic mass is 10.2. The van der Waals surface area contributed by atoms with Crippen molar-refractivity contribution in [1.29, 1.82) is 0 Å². The van der Waals surface area contributed by atoms with Gasteiger partial charge in [0.2, 0.25) is 0 Å². The molecule has 0 amide bonds. The van der Waals surface area contributed by atoms with Crippen LogP contribution in [0.15, 0.2) is 24.7 Å². The summed E-state index contributed by atoms with van der Waals surface area (Å²) in [6.45, 7) is 7.90. The number of rotatable bonds is 9. The summed E-state index contributed by atoms with van der Waals surface area (Å²) in [6.07, 6.45) is 5.93. The predicted octanol–water partition coefficient (Wildman–Crippen LogP) is 2.08. The zero-order valence-electron chi connectivity index (χ0n) is 12.9. The molecule has 0 saturated carbocycles. The lowest BCUT2D eigenvalue weighted by Crippen LogP contribution is -2.19. The van der Waals surface area contributed by atoms with E-state index in [0.717, 1.165) is 49.7 Å². The highest BCUT2D eigenvalue weighted by Gasteiger charge is 2.00. The highest BCUT2D eigenvalue weighted by atomic mass is 14.9. The number of aromatic amines is 1. The van der Waals surface area contributed by atoms with Crippen molar-refractivity contribution in [2.75, 3.05) is 13.1 Å². The number of aryl methyl sites for hydroxylation is 2. The van der Waals surface area contributed by atoms with Gasteiger partial charge in [0.25, 0.3) is 0 Å². The number of unbranched alkanes of at least 4 members (excludes halogenated alkanes) is 1. The van der Waals surface area contributed by atoms with Gasteiger partial charge >= 0.3 is 0 Å². The maximum Gasteiger partial charge on any atom is 0.0925 e. The van der Waals surface area contributed by atoms with Crippen LogP contribution in [0.4, 0.5) is 0 Å². The Bertz CT molecular complexity index is 535. The summed E-state index contributed by atoms with van der Waals surface area (Å²) in [5.41, 5.74) is 4.65. The topological polar surface area (TPSA) is 65.6 Å². The smallest absolute Gasteiger partial charge is 0.0925 e. The van der Waals surface area contributed by atoms with E-state index in [2.05, 4.69) is 38.6 Å². The van der Waals surface area contributed by atoms with E-state index < -0.39 is 0 Å². The van der Waals surface area contributed by atoms with Crippen molar-refractivity contribution in [3.05, 3.63) is 47.3 Å². The molecular weight excluding hydrogens is 262 g/mol. The summed E-state index contributed by atoms with van der Waals surface area (Å²) in [4.78, 5) is 11.7. The summed E-state index contributed by atoms with van der Waals surface area (Å²) < 4.78 is 0. The Kier molecular flexibility index (Phi) is 6.37. The Balaban J connectivity index is 1.49. The third-order valence-electron chi connectivity index (χ3n) is 3.59. The minimum absolute atomic E-state index is 0.843. The first kappa shape index (κ1) is 15.7. The molecule has 3 N–H and O–H groups in total. The van der Waals surface area contributed by atoms with Crippen LogP contribution in [-0.4, -0.2) is 28.0 Å². The second kappa shape index (κ2) is 8.54. The Hall–Kier alpha value is -1.72. The van der Waals surface area contributed by atoms with Gasteiger partial charge in [0.15, 0.2) is 0 Å². The van der Waals surface area contributed by atoms with Gasteiger partial charge in [-0.1, -0.05) is 6.07 Å². The van der Waals surface area contributed by atoms with Crippen LogP contribution >= 0.6 is 0 Å². The molecule has 0 aliphatic heterocycles. The fraction of sp³-hybridized carbons (Fsp3) is 0.500. The molecule has 0 aliphatic rings. The van der Waals surface area contributed by atoms with Crippen LogP contribution in [0.25, 0.3) is 0 Å². The maximum absolute atomic E-state index is 4.38. The first-order valence-electron chi connectivity index (χ1n) is 7.58. The van der Waals surface area contributed by atoms with Crippen LogP contribution in [0, 0.1) is 13.8 Å². The fourth-order valence-corrected chi connectivity index (χ4v) is 2.18. The SMILES string of the molecule is Cc1cccnc1CNCCCCNCc1nc[nH]c1C. The average Bonchev–Trinajstić information content (AvgIpc) is 2.89.